The lowest BCUT2D eigenvalue weighted by Crippen LogP contribution is -2.36. The smallest absolute Gasteiger partial charge is 0.231 e. The third-order valence-corrected chi connectivity index (χ3v) is 8.10. The second-order valence-electron chi connectivity index (χ2n) is 10.3. The zero-order chi connectivity index (χ0) is 26.4. The highest BCUT2D eigenvalue weighted by atomic mass is 16.7. The third-order valence-electron chi connectivity index (χ3n) is 8.10. The fourth-order valence-corrected chi connectivity index (χ4v) is 6.54. The summed E-state index contributed by atoms with van der Waals surface area (Å²) in [7, 11) is 5.13. The molecule has 1 saturated heterocycles. The first kappa shape index (κ1) is 24.3. The van der Waals surface area contributed by atoms with E-state index in [1.807, 2.05) is 12.3 Å². The van der Waals surface area contributed by atoms with Gasteiger partial charge < -0.3 is 23.9 Å². The highest BCUT2D eigenvalue weighted by molar-refractivity contribution is 5.88. The molecule has 7 heteroatoms. The Bertz CT molecular complexity index is 1500. The quantitative estimate of drug-likeness (QED) is 0.320. The Hall–Kier alpha value is -4.00. The van der Waals surface area contributed by atoms with Gasteiger partial charge in [-0.25, -0.2) is 4.98 Å². The van der Waals surface area contributed by atoms with Crippen molar-refractivity contribution in [1.82, 2.24) is 9.97 Å². The van der Waals surface area contributed by atoms with Crippen molar-refractivity contribution in [1.29, 1.82) is 0 Å². The van der Waals surface area contributed by atoms with Crippen LogP contribution in [0.1, 0.15) is 36.5 Å². The molecule has 1 aromatic heterocycles. The average Bonchev–Trinajstić information content (AvgIpc) is 3.59. The number of hydrogen-bond acceptors (Lipinski definition) is 6. The fraction of sp³-hybridized carbons (Fsp3) is 0.355. The van der Waals surface area contributed by atoms with Crippen molar-refractivity contribution in [3.05, 3.63) is 83.1 Å². The van der Waals surface area contributed by atoms with Crippen LogP contribution in [0.5, 0.6) is 11.5 Å². The molecule has 4 unspecified atom stereocenters. The van der Waals surface area contributed by atoms with Crippen LogP contribution in [0.4, 0.5) is 0 Å². The number of imidazole rings is 1. The van der Waals surface area contributed by atoms with Gasteiger partial charge in [0.1, 0.15) is 0 Å². The van der Waals surface area contributed by atoms with Crippen LogP contribution in [0.15, 0.2) is 71.4 Å². The molecule has 0 radical (unpaired) electrons. The molecule has 1 N–H and O–H groups in total. The number of aliphatic imine (C=N–C) groups is 1. The Kier molecular flexibility index (Phi) is 6.22. The summed E-state index contributed by atoms with van der Waals surface area (Å²) in [6.45, 7) is 4.85. The van der Waals surface area contributed by atoms with E-state index in [1.54, 1.807) is 27.6 Å². The number of ether oxygens (including phenoxy) is 4. The largest absolute Gasteiger partial charge is 0.493 e. The second kappa shape index (κ2) is 9.71. The lowest BCUT2D eigenvalue weighted by Gasteiger charge is -2.44. The average molecular weight is 512 g/mol. The minimum absolute atomic E-state index is 0.154. The lowest BCUT2D eigenvalue weighted by atomic mass is 9.60. The van der Waals surface area contributed by atoms with E-state index in [0.29, 0.717) is 23.3 Å². The maximum Gasteiger partial charge on any atom is 0.231 e. The van der Waals surface area contributed by atoms with Gasteiger partial charge in [0.25, 0.3) is 0 Å². The number of benzene rings is 2. The number of methoxy groups -OCH3 is 2. The normalized spacial score (nSPS) is 24.3. The van der Waals surface area contributed by atoms with Crippen LogP contribution in [0, 0.1) is 23.7 Å². The second-order valence-corrected chi connectivity index (χ2v) is 10.3. The maximum atomic E-state index is 6.06. The van der Waals surface area contributed by atoms with Crippen molar-refractivity contribution < 1.29 is 18.9 Å². The Balaban J connectivity index is 1.51. The van der Waals surface area contributed by atoms with Gasteiger partial charge in [-0.15, -0.1) is 0 Å². The van der Waals surface area contributed by atoms with Gasteiger partial charge in [0, 0.05) is 36.2 Å². The van der Waals surface area contributed by atoms with Gasteiger partial charge in [-0.3, -0.25) is 4.99 Å². The van der Waals surface area contributed by atoms with Gasteiger partial charge in [-0.2, -0.15) is 0 Å². The molecule has 3 aliphatic rings. The molecule has 1 aliphatic heterocycles. The Morgan fingerprint density at radius 3 is 2.68 bits per heavy atom. The third kappa shape index (κ3) is 3.80. The van der Waals surface area contributed by atoms with Gasteiger partial charge in [0.05, 0.1) is 31.6 Å². The number of aromatic nitrogens is 2. The molecule has 1 fully saturated rings. The van der Waals surface area contributed by atoms with E-state index in [9.17, 15) is 0 Å². The van der Waals surface area contributed by atoms with E-state index in [1.165, 1.54) is 11.1 Å². The van der Waals surface area contributed by atoms with Crippen molar-refractivity contribution in [3.8, 4) is 11.5 Å². The van der Waals surface area contributed by atoms with Crippen molar-refractivity contribution in [2.45, 2.75) is 19.8 Å². The van der Waals surface area contributed by atoms with Crippen molar-refractivity contribution >= 4 is 22.8 Å². The van der Waals surface area contributed by atoms with Crippen molar-refractivity contribution in [2.24, 2.45) is 28.7 Å². The van der Waals surface area contributed by atoms with E-state index < -0.39 is 0 Å². The minimum Gasteiger partial charge on any atom is -0.493 e. The van der Waals surface area contributed by atoms with E-state index in [4.69, 9.17) is 18.9 Å². The molecule has 6 rings (SSSR count). The van der Waals surface area contributed by atoms with E-state index in [-0.39, 0.29) is 24.5 Å². The fourth-order valence-electron chi connectivity index (χ4n) is 6.54. The first-order valence-corrected chi connectivity index (χ1v) is 13.1. The summed E-state index contributed by atoms with van der Waals surface area (Å²) in [4.78, 5) is 12.0. The molecule has 196 valence electrons. The van der Waals surface area contributed by atoms with E-state index >= 15 is 0 Å². The van der Waals surface area contributed by atoms with Crippen LogP contribution in [0.2, 0.25) is 0 Å². The van der Waals surface area contributed by atoms with Crippen LogP contribution >= 0.6 is 0 Å². The summed E-state index contributed by atoms with van der Waals surface area (Å²) in [6, 6.07) is 10.5. The SMILES string of the molecule is CN=Cc1c(C2C=CC3C(c4ccc5nc[nH]c5c4)=C4OCOC4=CC3C2C(C)C)ccc(OC)c1OC. The first-order chi connectivity index (χ1) is 18.5. The molecular weight excluding hydrogens is 478 g/mol. The number of rotatable bonds is 6. The molecule has 0 bridgehead atoms. The Labute approximate surface area is 222 Å². The van der Waals surface area contributed by atoms with Gasteiger partial charge >= 0.3 is 0 Å². The first-order valence-electron chi connectivity index (χ1n) is 13.1. The summed E-state index contributed by atoms with van der Waals surface area (Å²) in [5.41, 5.74) is 6.39. The van der Waals surface area contributed by atoms with Gasteiger partial charge in [0.2, 0.25) is 6.79 Å². The molecule has 3 aromatic rings. The molecule has 0 saturated carbocycles. The molecule has 7 nitrogen and oxygen atoms in total. The van der Waals surface area contributed by atoms with Gasteiger partial charge in [-0.05, 0) is 53.2 Å². The highest BCUT2D eigenvalue weighted by Gasteiger charge is 2.45. The number of fused-ring (bicyclic) bond motifs is 3. The molecule has 2 heterocycles. The predicted octanol–water partition coefficient (Wildman–Crippen LogP) is 6.10. The number of allylic oxidation sites excluding steroid dienone is 4. The molecule has 4 atom stereocenters. The Morgan fingerprint density at radius 2 is 1.92 bits per heavy atom. The summed E-state index contributed by atoms with van der Waals surface area (Å²) in [5, 5.41) is 0. The zero-order valence-electron chi connectivity index (χ0n) is 22.4. The van der Waals surface area contributed by atoms with Crippen molar-refractivity contribution in [2.75, 3.05) is 28.1 Å². The molecule has 38 heavy (non-hydrogen) atoms. The lowest BCUT2D eigenvalue weighted by molar-refractivity contribution is 0.0979. The van der Waals surface area contributed by atoms with Crippen LogP contribution in [-0.2, 0) is 9.47 Å². The molecule has 0 spiro atoms. The summed E-state index contributed by atoms with van der Waals surface area (Å²) in [6.07, 6.45) is 10.6. The number of H-pyrrole nitrogens is 1. The summed E-state index contributed by atoms with van der Waals surface area (Å²) >= 11 is 0. The topological polar surface area (TPSA) is 78.0 Å². The Morgan fingerprint density at radius 1 is 1.08 bits per heavy atom. The predicted molar refractivity (Wildman–Crippen MR) is 148 cm³/mol. The number of nitrogens with zero attached hydrogens (tertiary/aromatic N) is 2. The number of nitrogens with one attached hydrogen (secondary N) is 1. The van der Waals surface area contributed by atoms with Crippen LogP contribution < -0.4 is 9.47 Å². The maximum absolute atomic E-state index is 6.06. The van der Waals surface area contributed by atoms with Crippen LogP contribution in [0.3, 0.4) is 0 Å². The highest BCUT2D eigenvalue weighted by Crippen LogP contribution is 2.54. The standard InChI is InChI=1S/C31H33N3O4/c1-17(2)28-20(19-9-11-26(35-4)30(36-5)23(19)14-32-3)7-8-21-22(28)13-27-31(38-16-37-27)29(21)18-6-10-24-25(12-18)34-15-33-24/h6-15,17,20-22,28H,16H2,1-5H3,(H,33,34). The molecular formula is C31H33N3O4. The van der Waals surface area contributed by atoms with Gasteiger partial charge in [0.15, 0.2) is 23.0 Å². The summed E-state index contributed by atoms with van der Waals surface area (Å²) in [5.74, 6) is 4.32. The zero-order valence-corrected chi connectivity index (χ0v) is 22.4. The monoisotopic (exact) mass is 511 g/mol. The number of hydrogen-bond donors (Lipinski definition) is 1. The molecule has 2 aromatic carbocycles. The van der Waals surface area contributed by atoms with Gasteiger partial charge in [-0.1, -0.05) is 38.1 Å². The minimum atomic E-state index is 0.154. The molecule has 0 amide bonds. The van der Waals surface area contributed by atoms with Crippen LogP contribution in [0.25, 0.3) is 16.6 Å². The van der Waals surface area contributed by atoms with Crippen LogP contribution in [-0.4, -0.2) is 44.2 Å². The van der Waals surface area contributed by atoms with Crippen molar-refractivity contribution in [3.63, 3.8) is 0 Å². The number of aromatic amines is 1. The summed E-state index contributed by atoms with van der Waals surface area (Å²) < 4.78 is 23.5. The van der Waals surface area contributed by atoms with E-state index in [0.717, 1.165) is 33.7 Å². The molecule has 2 aliphatic carbocycles. The van der Waals surface area contributed by atoms with E-state index in [2.05, 4.69) is 71.3 Å².